The standard InChI is InChI=1S/C20H19FIN3O2/c21-16-4-2-1-3-15(16)20(7-9-27-10-8-20)12-23-19(26)13-5-6-17-14(11-13)18(22)25-24-17/h1-6,11H,7-10,12H2,(H,23,26)(H,24,25). The summed E-state index contributed by atoms with van der Waals surface area (Å²) in [5.74, 6) is -0.404. The highest BCUT2D eigenvalue weighted by molar-refractivity contribution is 14.1. The van der Waals surface area contributed by atoms with Gasteiger partial charge in [-0.25, -0.2) is 4.39 Å². The quantitative estimate of drug-likeness (QED) is 0.560. The molecule has 5 nitrogen and oxygen atoms in total. The number of aromatic amines is 1. The van der Waals surface area contributed by atoms with Crippen molar-refractivity contribution in [3.8, 4) is 0 Å². The Labute approximate surface area is 169 Å². The Morgan fingerprint density at radius 1 is 1.26 bits per heavy atom. The number of fused-ring (bicyclic) bond motifs is 1. The second kappa shape index (κ2) is 7.55. The molecular weight excluding hydrogens is 460 g/mol. The van der Waals surface area contributed by atoms with Gasteiger partial charge in [0.05, 0.1) is 5.52 Å². The van der Waals surface area contributed by atoms with Gasteiger partial charge in [-0.15, -0.1) is 0 Å². The highest BCUT2D eigenvalue weighted by Crippen LogP contribution is 2.35. The van der Waals surface area contributed by atoms with Crippen LogP contribution in [0.1, 0.15) is 28.8 Å². The zero-order valence-electron chi connectivity index (χ0n) is 14.6. The Balaban J connectivity index is 1.57. The van der Waals surface area contributed by atoms with E-state index in [-0.39, 0.29) is 11.7 Å². The second-order valence-electron chi connectivity index (χ2n) is 6.82. The molecule has 1 saturated heterocycles. The van der Waals surface area contributed by atoms with E-state index in [1.165, 1.54) is 6.07 Å². The first-order chi connectivity index (χ1) is 13.1. The number of carbonyl (C=O) groups is 1. The smallest absolute Gasteiger partial charge is 0.251 e. The van der Waals surface area contributed by atoms with Crippen molar-refractivity contribution in [3.63, 3.8) is 0 Å². The lowest BCUT2D eigenvalue weighted by Gasteiger charge is -2.38. The van der Waals surface area contributed by atoms with E-state index in [1.54, 1.807) is 12.1 Å². The SMILES string of the molecule is O=C(NCC1(c2ccccc2F)CCOCC1)c1ccc2n[nH]c(I)c2c1. The normalized spacial score (nSPS) is 16.4. The van der Waals surface area contributed by atoms with Crippen molar-refractivity contribution in [2.45, 2.75) is 18.3 Å². The maximum absolute atomic E-state index is 14.5. The second-order valence-corrected chi connectivity index (χ2v) is 7.90. The molecule has 0 atom stereocenters. The van der Waals surface area contributed by atoms with E-state index in [2.05, 4.69) is 38.1 Å². The minimum Gasteiger partial charge on any atom is -0.381 e. The Kier molecular flexibility index (Phi) is 5.14. The van der Waals surface area contributed by atoms with E-state index < -0.39 is 5.41 Å². The number of nitrogens with one attached hydrogen (secondary N) is 2. The van der Waals surface area contributed by atoms with Gasteiger partial charge in [0.1, 0.15) is 9.52 Å². The number of carbonyl (C=O) groups excluding carboxylic acids is 1. The van der Waals surface area contributed by atoms with Crippen molar-refractivity contribution in [2.75, 3.05) is 19.8 Å². The monoisotopic (exact) mass is 479 g/mol. The molecule has 4 rings (SSSR count). The van der Waals surface area contributed by atoms with Crippen LogP contribution >= 0.6 is 22.6 Å². The predicted octanol–water partition coefficient (Wildman–Crippen LogP) is 3.78. The summed E-state index contributed by atoms with van der Waals surface area (Å²) in [4.78, 5) is 12.8. The number of hydrogen-bond acceptors (Lipinski definition) is 3. The minimum absolute atomic E-state index is 0.170. The molecule has 1 aliphatic rings. The summed E-state index contributed by atoms with van der Waals surface area (Å²) >= 11 is 2.16. The van der Waals surface area contributed by atoms with Crippen molar-refractivity contribution >= 4 is 39.4 Å². The summed E-state index contributed by atoms with van der Waals surface area (Å²) < 4.78 is 20.9. The summed E-state index contributed by atoms with van der Waals surface area (Å²) in [5, 5.41) is 11.0. The van der Waals surface area contributed by atoms with E-state index in [1.807, 2.05) is 24.3 Å². The van der Waals surface area contributed by atoms with E-state index >= 15 is 0 Å². The average molecular weight is 479 g/mol. The largest absolute Gasteiger partial charge is 0.381 e. The molecule has 1 aromatic heterocycles. The highest BCUT2D eigenvalue weighted by atomic mass is 127. The third-order valence-corrected chi connectivity index (χ3v) is 6.07. The van der Waals surface area contributed by atoms with Crippen LogP contribution in [0, 0.1) is 9.52 Å². The number of amides is 1. The van der Waals surface area contributed by atoms with Crippen LogP contribution < -0.4 is 5.32 Å². The van der Waals surface area contributed by atoms with Crippen LogP contribution in [0.4, 0.5) is 4.39 Å². The number of aromatic nitrogens is 2. The van der Waals surface area contributed by atoms with Crippen molar-refractivity contribution in [3.05, 3.63) is 63.1 Å². The first-order valence-corrected chi connectivity index (χ1v) is 9.91. The van der Waals surface area contributed by atoms with Gasteiger partial charge in [0.2, 0.25) is 0 Å². The highest BCUT2D eigenvalue weighted by Gasteiger charge is 2.36. The van der Waals surface area contributed by atoms with Crippen molar-refractivity contribution in [2.24, 2.45) is 0 Å². The molecular formula is C20H19FIN3O2. The molecule has 7 heteroatoms. The third kappa shape index (κ3) is 3.58. The first-order valence-electron chi connectivity index (χ1n) is 8.84. The number of benzene rings is 2. The average Bonchev–Trinajstić information content (AvgIpc) is 3.07. The molecule has 2 heterocycles. The minimum atomic E-state index is -0.451. The number of nitrogens with zero attached hydrogens (tertiary/aromatic N) is 1. The van der Waals surface area contributed by atoms with E-state index in [9.17, 15) is 9.18 Å². The first kappa shape index (κ1) is 18.4. The zero-order chi connectivity index (χ0) is 18.9. The van der Waals surface area contributed by atoms with Crippen LogP contribution in [-0.2, 0) is 10.2 Å². The topological polar surface area (TPSA) is 67.0 Å². The van der Waals surface area contributed by atoms with Gasteiger partial charge in [-0.1, -0.05) is 18.2 Å². The molecule has 2 aromatic carbocycles. The maximum Gasteiger partial charge on any atom is 0.251 e. The number of ether oxygens (including phenoxy) is 1. The molecule has 0 aliphatic carbocycles. The van der Waals surface area contributed by atoms with Gasteiger partial charge in [-0.2, -0.15) is 5.10 Å². The van der Waals surface area contributed by atoms with Crippen LogP contribution in [0.15, 0.2) is 42.5 Å². The molecule has 2 N–H and O–H groups in total. The summed E-state index contributed by atoms with van der Waals surface area (Å²) in [6.07, 6.45) is 1.35. The van der Waals surface area contributed by atoms with E-state index in [4.69, 9.17) is 4.74 Å². The number of rotatable bonds is 4. The number of halogens is 2. The Hall–Kier alpha value is -2.00. The molecule has 0 bridgehead atoms. The van der Waals surface area contributed by atoms with Crippen LogP contribution in [-0.4, -0.2) is 35.9 Å². The number of H-pyrrole nitrogens is 1. The molecule has 0 spiro atoms. The fourth-order valence-corrected chi connectivity index (χ4v) is 4.22. The molecule has 1 fully saturated rings. The molecule has 0 radical (unpaired) electrons. The lowest BCUT2D eigenvalue weighted by atomic mass is 9.73. The summed E-state index contributed by atoms with van der Waals surface area (Å²) in [7, 11) is 0. The summed E-state index contributed by atoms with van der Waals surface area (Å²) in [5.41, 5.74) is 1.59. The lowest BCUT2D eigenvalue weighted by Crippen LogP contribution is -2.45. The molecule has 1 aliphatic heterocycles. The van der Waals surface area contributed by atoms with Crippen molar-refractivity contribution in [1.82, 2.24) is 15.5 Å². The molecule has 0 unspecified atom stereocenters. The van der Waals surface area contributed by atoms with Crippen LogP contribution in [0.2, 0.25) is 0 Å². The fourth-order valence-electron chi connectivity index (χ4n) is 3.67. The van der Waals surface area contributed by atoms with E-state index in [0.717, 1.165) is 14.6 Å². The van der Waals surface area contributed by atoms with Crippen molar-refractivity contribution in [1.29, 1.82) is 0 Å². The Morgan fingerprint density at radius 3 is 2.81 bits per heavy atom. The van der Waals surface area contributed by atoms with E-state index in [0.29, 0.717) is 43.7 Å². The van der Waals surface area contributed by atoms with Gasteiger partial charge >= 0.3 is 0 Å². The van der Waals surface area contributed by atoms with Gasteiger partial charge in [0, 0.05) is 36.1 Å². The Bertz CT molecular complexity index is 982. The van der Waals surface area contributed by atoms with Crippen LogP contribution in [0.3, 0.4) is 0 Å². The van der Waals surface area contributed by atoms with Crippen molar-refractivity contribution < 1.29 is 13.9 Å². The molecule has 0 saturated carbocycles. The van der Waals surface area contributed by atoms with Gasteiger partial charge in [0.25, 0.3) is 5.91 Å². The van der Waals surface area contributed by atoms with Crippen LogP contribution in [0.5, 0.6) is 0 Å². The fraction of sp³-hybridized carbons (Fsp3) is 0.300. The summed E-state index contributed by atoms with van der Waals surface area (Å²) in [6.45, 7) is 1.49. The van der Waals surface area contributed by atoms with Gasteiger partial charge in [-0.05, 0) is 65.3 Å². The molecule has 140 valence electrons. The molecule has 27 heavy (non-hydrogen) atoms. The zero-order valence-corrected chi connectivity index (χ0v) is 16.8. The van der Waals surface area contributed by atoms with Gasteiger partial charge in [0.15, 0.2) is 0 Å². The number of hydrogen-bond donors (Lipinski definition) is 2. The Morgan fingerprint density at radius 2 is 2.04 bits per heavy atom. The molecule has 1 amide bonds. The summed E-state index contributed by atoms with van der Waals surface area (Å²) in [6, 6.07) is 12.2. The predicted molar refractivity (Wildman–Crippen MR) is 109 cm³/mol. The third-order valence-electron chi connectivity index (χ3n) is 5.25. The van der Waals surface area contributed by atoms with Gasteiger partial charge in [-0.3, -0.25) is 9.89 Å². The van der Waals surface area contributed by atoms with Gasteiger partial charge < -0.3 is 10.1 Å². The maximum atomic E-state index is 14.5. The lowest BCUT2D eigenvalue weighted by molar-refractivity contribution is 0.0475. The van der Waals surface area contributed by atoms with Crippen LogP contribution in [0.25, 0.3) is 10.9 Å². The molecule has 3 aromatic rings.